The third kappa shape index (κ3) is 3.74. The van der Waals surface area contributed by atoms with Gasteiger partial charge in [-0.25, -0.2) is 0 Å². The zero-order valence-corrected chi connectivity index (χ0v) is 10.4. The van der Waals surface area contributed by atoms with Crippen molar-refractivity contribution in [2.24, 2.45) is 17.6 Å². The number of piperidine rings is 1. The van der Waals surface area contributed by atoms with E-state index in [0.717, 1.165) is 38.5 Å². The molecule has 3 unspecified atom stereocenters. The molecular weight excluding hydrogens is 188 g/mol. The highest BCUT2D eigenvalue weighted by molar-refractivity contribution is 4.83. The van der Waals surface area contributed by atoms with Gasteiger partial charge in [0.1, 0.15) is 0 Å². The second kappa shape index (κ2) is 5.28. The van der Waals surface area contributed by atoms with Crippen LogP contribution >= 0.6 is 0 Å². The molecule has 15 heavy (non-hydrogen) atoms. The smallest absolute Gasteiger partial charge is 0.0743 e. The topological polar surface area (TPSA) is 49.5 Å². The fourth-order valence-corrected chi connectivity index (χ4v) is 2.27. The molecule has 0 bridgehead atoms. The second-order valence-corrected chi connectivity index (χ2v) is 5.35. The molecule has 0 aromatic heterocycles. The molecule has 0 radical (unpaired) electrons. The summed E-state index contributed by atoms with van der Waals surface area (Å²) >= 11 is 0. The minimum Gasteiger partial charge on any atom is -0.389 e. The molecule has 3 N–H and O–H groups in total. The van der Waals surface area contributed by atoms with E-state index in [9.17, 15) is 5.11 Å². The molecule has 1 rings (SSSR count). The molecule has 0 amide bonds. The monoisotopic (exact) mass is 214 g/mol. The molecular formula is C12H26N2O. The zero-order valence-electron chi connectivity index (χ0n) is 10.4. The van der Waals surface area contributed by atoms with E-state index in [-0.39, 0.29) is 0 Å². The largest absolute Gasteiger partial charge is 0.389 e. The van der Waals surface area contributed by atoms with Crippen LogP contribution in [0.3, 0.4) is 0 Å². The molecule has 3 nitrogen and oxygen atoms in total. The fraction of sp³-hybridized carbons (Fsp3) is 1.00. The van der Waals surface area contributed by atoms with Gasteiger partial charge in [0.2, 0.25) is 0 Å². The van der Waals surface area contributed by atoms with Crippen molar-refractivity contribution in [3.05, 3.63) is 0 Å². The minimum absolute atomic E-state index is 0.542. The Balaban J connectivity index is 2.45. The number of hydrogen-bond acceptors (Lipinski definition) is 3. The van der Waals surface area contributed by atoms with Crippen LogP contribution < -0.4 is 5.73 Å². The minimum atomic E-state index is -0.542. The van der Waals surface area contributed by atoms with Crippen LogP contribution in [0.4, 0.5) is 0 Å². The van der Waals surface area contributed by atoms with Gasteiger partial charge in [-0.15, -0.1) is 0 Å². The summed E-state index contributed by atoms with van der Waals surface area (Å²) in [6.07, 6.45) is 2.02. The first-order valence-corrected chi connectivity index (χ1v) is 6.13. The molecule has 0 aromatic rings. The Hall–Kier alpha value is -0.120. The predicted molar refractivity (Wildman–Crippen MR) is 63.7 cm³/mol. The van der Waals surface area contributed by atoms with Gasteiger partial charge in [-0.2, -0.15) is 0 Å². The highest BCUT2D eigenvalue weighted by Crippen LogP contribution is 2.24. The molecule has 1 saturated heterocycles. The molecule has 1 aliphatic heterocycles. The highest BCUT2D eigenvalue weighted by Gasteiger charge is 2.29. The lowest BCUT2D eigenvalue weighted by Crippen LogP contribution is -2.48. The SMILES string of the molecule is CCC(C)(O)CN1CCC(C)C(CN)C1. The molecule has 1 aliphatic rings. The Kier molecular flexibility index (Phi) is 4.56. The van der Waals surface area contributed by atoms with Crippen LogP contribution in [0.1, 0.15) is 33.6 Å². The first kappa shape index (κ1) is 12.9. The summed E-state index contributed by atoms with van der Waals surface area (Å²) in [4.78, 5) is 2.36. The van der Waals surface area contributed by atoms with Crippen molar-refractivity contribution < 1.29 is 5.11 Å². The number of likely N-dealkylation sites (tertiary alicyclic amines) is 1. The van der Waals surface area contributed by atoms with Crippen molar-refractivity contribution in [2.75, 3.05) is 26.2 Å². The van der Waals surface area contributed by atoms with E-state index in [1.807, 2.05) is 13.8 Å². The zero-order chi connectivity index (χ0) is 11.5. The molecule has 0 spiro atoms. The van der Waals surface area contributed by atoms with Crippen LogP contribution in [-0.2, 0) is 0 Å². The van der Waals surface area contributed by atoms with Gasteiger partial charge in [0, 0.05) is 13.1 Å². The van der Waals surface area contributed by atoms with Crippen LogP contribution in [0, 0.1) is 11.8 Å². The summed E-state index contributed by atoms with van der Waals surface area (Å²) in [5.74, 6) is 1.34. The third-order valence-electron chi connectivity index (χ3n) is 3.83. The maximum atomic E-state index is 10.0. The number of hydrogen-bond donors (Lipinski definition) is 2. The lowest BCUT2D eigenvalue weighted by molar-refractivity contribution is -0.00225. The number of nitrogens with zero attached hydrogens (tertiary/aromatic N) is 1. The van der Waals surface area contributed by atoms with E-state index >= 15 is 0 Å². The van der Waals surface area contributed by atoms with E-state index < -0.39 is 5.60 Å². The lowest BCUT2D eigenvalue weighted by Gasteiger charge is -2.39. The summed E-state index contributed by atoms with van der Waals surface area (Å²) in [6, 6.07) is 0. The van der Waals surface area contributed by atoms with Crippen molar-refractivity contribution >= 4 is 0 Å². The van der Waals surface area contributed by atoms with Crippen LogP contribution in [0.25, 0.3) is 0 Å². The van der Waals surface area contributed by atoms with E-state index in [4.69, 9.17) is 5.73 Å². The van der Waals surface area contributed by atoms with Crippen LogP contribution in [0.5, 0.6) is 0 Å². The Morgan fingerprint density at radius 1 is 1.53 bits per heavy atom. The van der Waals surface area contributed by atoms with Gasteiger partial charge in [0.05, 0.1) is 5.60 Å². The first-order chi connectivity index (χ1) is 6.98. The molecule has 3 atom stereocenters. The average Bonchev–Trinajstić information content (AvgIpc) is 2.20. The second-order valence-electron chi connectivity index (χ2n) is 5.35. The number of aliphatic hydroxyl groups is 1. The van der Waals surface area contributed by atoms with Crippen molar-refractivity contribution in [3.63, 3.8) is 0 Å². The van der Waals surface area contributed by atoms with Gasteiger partial charge >= 0.3 is 0 Å². The molecule has 3 heteroatoms. The van der Waals surface area contributed by atoms with Crippen LogP contribution in [-0.4, -0.2) is 41.8 Å². The lowest BCUT2D eigenvalue weighted by atomic mass is 9.86. The summed E-state index contributed by atoms with van der Waals surface area (Å²) < 4.78 is 0. The van der Waals surface area contributed by atoms with E-state index in [2.05, 4.69) is 11.8 Å². The molecule has 0 aromatic carbocycles. The van der Waals surface area contributed by atoms with Crippen molar-refractivity contribution in [2.45, 2.75) is 39.2 Å². The standard InChI is InChI=1S/C12H26N2O/c1-4-12(3,15)9-14-6-5-10(2)11(7-13)8-14/h10-11,15H,4-9,13H2,1-3H3. The number of β-amino-alcohol motifs (C(OH)–C–C–N with tert-alkyl or cyclic N) is 1. The first-order valence-electron chi connectivity index (χ1n) is 6.13. The Labute approximate surface area is 93.6 Å². The normalized spacial score (nSPS) is 32.6. The summed E-state index contributed by atoms with van der Waals surface area (Å²) in [6.45, 7) is 9.95. The molecule has 90 valence electrons. The van der Waals surface area contributed by atoms with Gasteiger partial charge < -0.3 is 15.7 Å². The average molecular weight is 214 g/mol. The fourth-order valence-electron chi connectivity index (χ4n) is 2.27. The summed E-state index contributed by atoms with van der Waals surface area (Å²) in [7, 11) is 0. The molecule has 1 heterocycles. The highest BCUT2D eigenvalue weighted by atomic mass is 16.3. The van der Waals surface area contributed by atoms with Crippen molar-refractivity contribution in [1.29, 1.82) is 0 Å². The van der Waals surface area contributed by atoms with E-state index in [1.54, 1.807) is 0 Å². The molecule has 1 fully saturated rings. The Morgan fingerprint density at radius 2 is 2.20 bits per heavy atom. The number of nitrogens with two attached hydrogens (primary N) is 1. The van der Waals surface area contributed by atoms with Gasteiger partial charge in [0.15, 0.2) is 0 Å². The quantitative estimate of drug-likeness (QED) is 0.736. The van der Waals surface area contributed by atoms with Crippen LogP contribution in [0.15, 0.2) is 0 Å². The van der Waals surface area contributed by atoms with Gasteiger partial charge in [0.25, 0.3) is 0 Å². The molecule has 0 saturated carbocycles. The van der Waals surface area contributed by atoms with E-state index in [1.165, 1.54) is 6.42 Å². The predicted octanol–water partition coefficient (Wildman–Crippen LogP) is 1.06. The Morgan fingerprint density at radius 3 is 2.73 bits per heavy atom. The van der Waals surface area contributed by atoms with Gasteiger partial charge in [-0.3, -0.25) is 0 Å². The number of rotatable bonds is 4. The maximum Gasteiger partial charge on any atom is 0.0743 e. The van der Waals surface area contributed by atoms with Crippen LogP contribution in [0.2, 0.25) is 0 Å². The summed E-state index contributed by atoms with van der Waals surface area (Å²) in [5, 5.41) is 10.0. The third-order valence-corrected chi connectivity index (χ3v) is 3.83. The van der Waals surface area contributed by atoms with Gasteiger partial charge in [-0.1, -0.05) is 13.8 Å². The van der Waals surface area contributed by atoms with Crippen molar-refractivity contribution in [1.82, 2.24) is 4.90 Å². The van der Waals surface area contributed by atoms with E-state index in [0.29, 0.717) is 5.92 Å². The summed E-state index contributed by atoms with van der Waals surface area (Å²) in [5.41, 5.74) is 5.22. The van der Waals surface area contributed by atoms with Gasteiger partial charge in [-0.05, 0) is 44.7 Å². The van der Waals surface area contributed by atoms with Crippen molar-refractivity contribution in [3.8, 4) is 0 Å². The Bertz CT molecular complexity index is 194. The molecule has 0 aliphatic carbocycles. The maximum absolute atomic E-state index is 10.0.